The number of ether oxygens (including phenoxy) is 1. The number of aromatic nitrogens is 4. The average Bonchev–Trinajstić information content (AvgIpc) is 3.33. The standard InChI is InChI=1S/C17H15Cl2IN6O4/c18-10-1-2-13(12(19)5-10)29-9-15(27)21-3-4-22-16(28)17-24-14(25-30-17)8-26-7-11(20)6-23-26/h1-2,5-7H,3-4,8-9H2,(H,21,27)(H,22,28). The molecule has 10 nitrogen and oxygen atoms in total. The van der Waals surface area contributed by atoms with Crippen LogP contribution in [0.4, 0.5) is 0 Å². The highest BCUT2D eigenvalue weighted by atomic mass is 127. The Kier molecular flexibility index (Phi) is 7.87. The molecule has 2 N–H and O–H groups in total. The molecule has 0 bridgehead atoms. The summed E-state index contributed by atoms with van der Waals surface area (Å²) >= 11 is 13.9. The van der Waals surface area contributed by atoms with E-state index in [9.17, 15) is 9.59 Å². The van der Waals surface area contributed by atoms with Gasteiger partial charge in [0, 0.05) is 24.3 Å². The number of carbonyl (C=O) groups excluding carboxylic acids is 2. The third-order valence-electron chi connectivity index (χ3n) is 3.55. The average molecular weight is 565 g/mol. The third kappa shape index (κ3) is 6.57. The summed E-state index contributed by atoms with van der Waals surface area (Å²) in [5.41, 5.74) is 0. The maximum absolute atomic E-state index is 12.0. The van der Waals surface area contributed by atoms with E-state index >= 15 is 0 Å². The van der Waals surface area contributed by atoms with E-state index in [2.05, 4.69) is 48.5 Å². The molecule has 0 aliphatic heterocycles. The summed E-state index contributed by atoms with van der Waals surface area (Å²) in [6, 6.07) is 4.70. The Morgan fingerprint density at radius 3 is 2.77 bits per heavy atom. The fraction of sp³-hybridized carbons (Fsp3) is 0.235. The van der Waals surface area contributed by atoms with E-state index in [1.54, 1.807) is 23.0 Å². The van der Waals surface area contributed by atoms with Crippen LogP contribution in [0.3, 0.4) is 0 Å². The molecule has 3 aromatic rings. The van der Waals surface area contributed by atoms with Gasteiger partial charge in [0.25, 0.3) is 5.91 Å². The summed E-state index contributed by atoms with van der Waals surface area (Å²) in [5.74, 6) is -0.405. The maximum atomic E-state index is 12.0. The number of rotatable bonds is 9. The number of hydrogen-bond donors (Lipinski definition) is 2. The van der Waals surface area contributed by atoms with Crippen molar-refractivity contribution in [2.45, 2.75) is 6.54 Å². The van der Waals surface area contributed by atoms with Crippen molar-refractivity contribution >= 4 is 57.6 Å². The van der Waals surface area contributed by atoms with Crippen molar-refractivity contribution in [2.24, 2.45) is 0 Å². The molecular weight excluding hydrogens is 550 g/mol. The van der Waals surface area contributed by atoms with Crippen LogP contribution in [0.5, 0.6) is 5.75 Å². The Morgan fingerprint density at radius 1 is 1.23 bits per heavy atom. The van der Waals surface area contributed by atoms with Crippen molar-refractivity contribution < 1.29 is 18.8 Å². The molecule has 0 radical (unpaired) electrons. The number of nitrogens with one attached hydrogen (secondary N) is 2. The topological polar surface area (TPSA) is 124 Å². The normalized spacial score (nSPS) is 10.6. The summed E-state index contributed by atoms with van der Waals surface area (Å²) in [7, 11) is 0. The van der Waals surface area contributed by atoms with Crippen LogP contribution in [0.15, 0.2) is 35.1 Å². The van der Waals surface area contributed by atoms with Gasteiger partial charge in [-0.2, -0.15) is 10.1 Å². The predicted octanol–water partition coefficient (Wildman–Crippen LogP) is 2.15. The second-order valence-corrected chi connectivity index (χ2v) is 7.93. The summed E-state index contributed by atoms with van der Waals surface area (Å²) in [6.07, 6.45) is 3.50. The molecule has 0 fully saturated rings. The van der Waals surface area contributed by atoms with Gasteiger partial charge in [0.05, 0.1) is 14.8 Å². The lowest BCUT2D eigenvalue weighted by Gasteiger charge is -2.09. The third-order valence-corrected chi connectivity index (χ3v) is 4.64. The second-order valence-electron chi connectivity index (χ2n) is 5.84. The van der Waals surface area contributed by atoms with Crippen molar-refractivity contribution in [3.63, 3.8) is 0 Å². The van der Waals surface area contributed by atoms with Gasteiger partial charge in [-0.05, 0) is 40.8 Å². The van der Waals surface area contributed by atoms with Crippen LogP contribution in [-0.2, 0) is 11.3 Å². The van der Waals surface area contributed by atoms with Gasteiger partial charge in [0.1, 0.15) is 12.3 Å². The van der Waals surface area contributed by atoms with Crippen molar-refractivity contribution in [3.8, 4) is 5.75 Å². The first-order chi connectivity index (χ1) is 14.4. The van der Waals surface area contributed by atoms with E-state index in [4.69, 9.17) is 32.5 Å². The van der Waals surface area contributed by atoms with E-state index in [0.29, 0.717) is 21.6 Å². The van der Waals surface area contributed by atoms with Crippen molar-refractivity contribution in [1.29, 1.82) is 0 Å². The minimum absolute atomic E-state index is 0.168. The highest BCUT2D eigenvalue weighted by Gasteiger charge is 2.15. The highest BCUT2D eigenvalue weighted by molar-refractivity contribution is 14.1. The molecule has 0 atom stereocenters. The highest BCUT2D eigenvalue weighted by Crippen LogP contribution is 2.27. The molecule has 0 aliphatic rings. The quantitative estimate of drug-likeness (QED) is 0.301. The molecule has 0 spiro atoms. The van der Waals surface area contributed by atoms with Gasteiger partial charge in [0.2, 0.25) is 0 Å². The van der Waals surface area contributed by atoms with E-state index in [0.717, 1.165) is 3.57 Å². The van der Waals surface area contributed by atoms with Crippen LogP contribution in [0.2, 0.25) is 10.0 Å². The molecule has 1 aromatic carbocycles. The zero-order valence-corrected chi connectivity index (χ0v) is 18.9. The van der Waals surface area contributed by atoms with Crippen LogP contribution in [-0.4, -0.2) is 51.4 Å². The van der Waals surface area contributed by atoms with Gasteiger partial charge < -0.3 is 19.9 Å². The number of nitrogens with zero attached hydrogens (tertiary/aromatic N) is 4. The number of hydrogen-bond acceptors (Lipinski definition) is 7. The summed E-state index contributed by atoms with van der Waals surface area (Å²) in [5, 5.41) is 13.8. The van der Waals surface area contributed by atoms with Gasteiger partial charge in [0.15, 0.2) is 12.4 Å². The fourth-order valence-electron chi connectivity index (χ4n) is 2.22. The first-order valence-corrected chi connectivity index (χ1v) is 10.4. The number of halogens is 3. The largest absolute Gasteiger partial charge is 0.482 e. The van der Waals surface area contributed by atoms with E-state index in [-0.39, 0.29) is 38.0 Å². The Morgan fingerprint density at radius 2 is 2.03 bits per heavy atom. The first-order valence-electron chi connectivity index (χ1n) is 8.54. The first kappa shape index (κ1) is 22.3. The maximum Gasteiger partial charge on any atom is 0.316 e. The minimum atomic E-state index is -0.540. The number of benzene rings is 1. The lowest BCUT2D eigenvalue weighted by Crippen LogP contribution is -2.36. The SMILES string of the molecule is O=C(COc1ccc(Cl)cc1Cl)NCCNC(=O)c1nc(Cn2cc(I)cn2)no1. The molecule has 0 unspecified atom stereocenters. The lowest BCUT2D eigenvalue weighted by atomic mass is 10.3. The Bertz CT molecular complexity index is 1040. The number of carbonyl (C=O) groups is 2. The molecule has 2 amide bonds. The van der Waals surface area contributed by atoms with E-state index in [1.807, 2.05) is 6.20 Å². The molecule has 13 heteroatoms. The second kappa shape index (κ2) is 10.6. The lowest BCUT2D eigenvalue weighted by molar-refractivity contribution is -0.123. The van der Waals surface area contributed by atoms with Gasteiger partial charge >= 0.3 is 11.8 Å². The number of amides is 2. The van der Waals surface area contributed by atoms with Crippen LogP contribution < -0.4 is 15.4 Å². The van der Waals surface area contributed by atoms with E-state index in [1.165, 1.54) is 6.07 Å². The summed E-state index contributed by atoms with van der Waals surface area (Å²) in [4.78, 5) is 27.9. The monoisotopic (exact) mass is 564 g/mol. The van der Waals surface area contributed by atoms with Gasteiger partial charge in [-0.25, -0.2) is 0 Å². The molecule has 30 heavy (non-hydrogen) atoms. The van der Waals surface area contributed by atoms with Gasteiger partial charge in [-0.15, -0.1) is 0 Å². The zero-order valence-electron chi connectivity index (χ0n) is 15.3. The predicted molar refractivity (Wildman–Crippen MR) is 116 cm³/mol. The Labute approximate surface area is 194 Å². The van der Waals surface area contributed by atoms with Crippen molar-refractivity contribution in [1.82, 2.24) is 30.6 Å². The molecule has 3 rings (SSSR count). The Balaban J connectivity index is 1.35. The summed E-state index contributed by atoms with van der Waals surface area (Å²) < 4.78 is 12.9. The molecule has 2 heterocycles. The molecule has 2 aromatic heterocycles. The van der Waals surface area contributed by atoms with Crippen LogP contribution in [0.25, 0.3) is 0 Å². The Hall–Kier alpha value is -2.38. The molecule has 0 aliphatic carbocycles. The minimum Gasteiger partial charge on any atom is -0.482 e. The molecule has 0 saturated heterocycles. The fourth-order valence-corrected chi connectivity index (χ4v) is 3.13. The smallest absolute Gasteiger partial charge is 0.316 e. The van der Waals surface area contributed by atoms with E-state index < -0.39 is 5.91 Å². The van der Waals surface area contributed by atoms with Gasteiger partial charge in [-0.3, -0.25) is 14.3 Å². The van der Waals surface area contributed by atoms with Gasteiger partial charge in [-0.1, -0.05) is 28.4 Å². The summed E-state index contributed by atoms with van der Waals surface area (Å²) in [6.45, 7) is 0.415. The van der Waals surface area contributed by atoms with Crippen molar-refractivity contribution in [2.75, 3.05) is 19.7 Å². The zero-order chi connectivity index (χ0) is 21.5. The molecular formula is C17H15Cl2IN6O4. The van der Waals surface area contributed by atoms with Crippen LogP contribution in [0, 0.1) is 3.57 Å². The van der Waals surface area contributed by atoms with Crippen LogP contribution in [0.1, 0.15) is 16.5 Å². The van der Waals surface area contributed by atoms with Crippen LogP contribution >= 0.6 is 45.8 Å². The van der Waals surface area contributed by atoms with Crippen molar-refractivity contribution in [3.05, 3.63) is 55.9 Å². The molecule has 158 valence electrons. The molecule has 0 saturated carbocycles.